The zero-order valence-electron chi connectivity index (χ0n) is 13.3. The third kappa shape index (κ3) is 4.37. The van der Waals surface area contributed by atoms with Crippen molar-refractivity contribution in [3.8, 4) is 0 Å². The van der Waals surface area contributed by atoms with Crippen LogP contribution in [0.4, 0.5) is 5.82 Å². The Bertz CT molecular complexity index is 673. The zero-order valence-corrected chi connectivity index (χ0v) is 15.7. The first kappa shape index (κ1) is 19.0. The highest BCUT2D eigenvalue weighted by Gasteiger charge is 2.32. The average Bonchev–Trinajstić information content (AvgIpc) is 3.19. The molecule has 0 aliphatic heterocycles. The number of benzene rings is 1. The van der Waals surface area contributed by atoms with Crippen LogP contribution in [0, 0.1) is 11.8 Å². The van der Waals surface area contributed by atoms with Crippen LogP contribution in [0.1, 0.15) is 24.8 Å². The van der Waals surface area contributed by atoms with E-state index in [1.807, 2.05) is 35.0 Å². The quantitative estimate of drug-likeness (QED) is 0.789. The van der Waals surface area contributed by atoms with E-state index in [2.05, 4.69) is 26.3 Å². The van der Waals surface area contributed by atoms with Gasteiger partial charge in [0.2, 0.25) is 5.91 Å². The highest BCUT2D eigenvalue weighted by atomic mass is 79.9. The summed E-state index contributed by atoms with van der Waals surface area (Å²) in [5.74, 6) is 1.13. The maximum Gasteiger partial charge on any atom is 0.228 e. The van der Waals surface area contributed by atoms with Gasteiger partial charge in [-0.25, -0.2) is 4.68 Å². The Morgan fingerprint density at radius 3 is 2.75 bits per heavy atom. The maximum atomic E-state index is 12.5. The van der Waals surface area contributed by atoms with Crippen LogP contribution < -0.4 is 11.1 Å². The summed E-state index contributed by atoms with van der Waals surface area (Å²) in [7, 11) is 0. The number of aromatic nitrogens is 2. The minimum atomic E-state index is 0. The lowest BCUT2D eigenvalue weighted by atomic mass is 9.95. The number of anilines is 1. The molecule has 3 rings (SSSR count). The topological polar surface area (TPSA) is 72.9 Å². The molecule has 2 atom stereocenters. The molecule has 1 heterocycles. The van der Waals surface area contributed by atoms with Crippen molar-refractivity contribution < 1.29 is 4.79 Å². The predicted octanol–water partition coefficient (Wildman–Crippen LogP) is 3.43. The summed E-state index contributed by atoms with van der Waals surface area (Å²) in [5.41, 5.74) is 6.91. The summed E-state index contributed by atoms with van der Waals surface area (Å²) in [4.78, 5) is 12.5. The fraction of sp³-hybridized carbons (Fsp3) is 0.412. The Morgan fingerprint density at radius 1 is 1.29 bits per heavy atom. The number of carbonyl (C=O) groups excluding carboxylic acids is 1. The molecule has 1 saturated carbocycles. The molecule has 1 aromatic carbocycles. The lowest BCUT2D eigenvalue weighted by Crippen LogP contribution is -2.30. The largest absolute Gasteiger partial charge is 0.330 e. The smallest absolute Gasteiger partial charge is 0.228 e. The van der Waals surface area contributed by atoms with Gasteiger partial charge in [-0.1, -0.05) is 34.5 Å². The molecule has 0 spiro atoms. The maximum absolute atomic E-state index is 12.5. The predicted molar refractivity (Wildman–Crippen MR) is 101 cm³/mol. The van der Waals surface area contributed by atoms with Crippen molar-refractivity contribution in [1.82, 2.24) is 9.78 Å². The van der Waals surface area contributed by atoms with E-state index in [1.165, 1.54) is 0 Å². The number of nitrogens with zero attached hydrogens (tertiary/aromatic N) is 2. The van der Waals surface area contributed by atoms with E-state index in [0.29, 0.717) is 19.0 Å². The molecule has 3 N–H and O–H groups in total. The summed E-state index contributed by atoms with van der Waals surface area (Å²) in [6, 6.07) is 9.92. The van der Waals surface area contributed by atoms with Gasteiger partial charge in [-0.3, -0.25) is 4.79 Å². The van der Waals surface area contributed by atoms with Crippen molar-refractivity contribution >= 4 is 40.1 Å². The van der Waals surface area contributed by atoms with Gasteiger partial charge in [-0.05, 0) is 43.0 Å². The van der Waals surface area contributed by atoms with Crippen molar-refractivity contribution in [2.24, 2.45) is 17.6 Å². The number of carbonyl (C=O) groups is 1. The monoisotopic (exact) mass is 412 g/mol. The minimum Gasteiger partial charge on any atom is -0.330 e. The van der Waals surface area contributed by atoms with Crippen molar-refractivity contribution in [1.29, 1.82) is 0 Å². The van der Waals surface area contributed by atoms with Crippen LogP contribution in [0.2, 0.25) is 0 Å². The molecular weight excluding hydrogens is 392 g/mol. The number of amides is 1. The lowest BCUT2D eigenvalue weighted by molar-refractivity contribution is -0.120. The van der Waals surface area contributed by atoms with Crippen LogP contribution in [0.25, 0.3) is 0 Å². The van der Waals surface area contributed by atoms with Gasteiger partial charge in [0.05, 0.1) is 12.7 Å². The van der Waals surface area contributed by atoms with E-state index in [4.69, 9.17) is 5.73 Å². The SMILES string of the molecule is Cl.NC[C@H]1CCC[C@H]1C(=O)Nc1ccnn1Cc1ccc(Br)cc1. The highest BCUT2D eigenvalue weighted by Crippen LogP contribution is 2.31. The number of hydrogen-bond donors (Lipinski definition) is 2. The molecule has 5 nitrogen and oxygen atoms in total. The molecule has 24 heavy (non-hydrogen) atoms. The number of halogens is 2. The van der Waals surface area contributed by atoms with E-state index in [0.717, 1.165) is 35.1 Å². The van der Waals surface area contributed by atoms with Crippen molar-refractivity contribution in [2.45, 2.75) is 25.8 Å². The van der Waals surface area contributed by atoms with E-state index >= 15 is 0 Å². The third-order valence-electron chi connectivity index (χ3n) is 4.51. The molecule has 1 aromatic heterocycles. The summed E-state index contributed by atoms with van der Waals surface area (Å²) in [5, 5.41) is 7.34. The zero-order chi connectivity index (χ0) is 16.2. The van der Waals surface area contributed by atoms with Crippen LogP contribution >= 0.6 is 28.3 Å². The molecule has 7 heteroatoms. The molecular formula is C17H22BrClN4O. The van der Waals surface area contributed by atoms with Gasteiger partial charge >= 0.3 is 0 Å². The molecule has 1 fully saturated rings. The van der Waals surface area contributed by atoms with Crippen LogP contribution in [0.5, 0.6) is 0 Å². The molecule has 0 bridgehead atoms. The second kappa shape index (κ2) is 8.65. The molecule has 2 aromatic rings. The van der Waals surface area contributed by atoms with Crippen LogP contribution in [-0.2, 0) is 11.3 Å². The van der Waals surface area contributed by atoms with Crippen LogP contribution in [0.3, 0.4) is 0 Å². The fourth-order valence-electron chi connectivity index (χ4n) is 3.21. The standard InChI is InChI=1S/C17H21BrN4O.ClH/c18-14-6-4-12(5-7-14)11-22-16(8-9-20-22)21-17(23)15-3-1-2-13(15)10-19;/h4-9,13,15H,1-3,10-11,19H2,(H,21,23);1H/t13-,15-;/m1./s1. The fourth-order valence-corrected chi connectivity index (χ4v) is 3.47. The molecule has 130 valence electrons. The van der Waals surface area contributed by atoms with Gasteiger partial charge < -0.3 is 11.1 Å². The second-order valence-corrected chi connectivity index (χ2v) is 6.94. The molecule has 0 unspecified atom stereocenters. The van der Waals surface area contributed by atoms with E-state index in [9.17, 15) is 4.79 Å². The van der Waals surface area contributed by atoms with E-state index < -0.39 is 0 Å². The van der Waals surface area contributed by atoms with Gasteiger partial charge in [0.15, 0.2) is 0 Å². The number of nitrogens with one attached hydrogen (secondary N) is 1. The van der Waals surface area contributed by atoms with Crippen LogP contribution in [-0.4, -0.2) is 22.2 Å². The summed E-state index contributed by atoms with van der Waals surface area (Å²) in [6.07, 6.45) is 4.77. The van der Waals surface area contributed by atoms with E-state index in [-0.39, 0.29) is 24.2 Å². The Labute approximate surface area is 156 Å². The number of rotatable bonds is 5. The highest BCUT2D eigenvalue weighted by molar-refractivity contribution is 9.10. The average molecular weight is 414 g/mol. The number of hydrogen-bond acceptors (Lipinski definition) is 3. The molecule has 1 aliphatic carbocycles. The molecule has 0 saturated heterocycles. The first-order valence-corrected chi connectivity index (χ1v) is 8.74. The third-order valence-corrected chi connectivity index (χ3v) is 5.04. The Morgan fingerprint density at radius 2 is 2.04 bits per heavy atom. The lowest BCUT2D eigenvalue weighted by Gasteiger charge is -2.17. The number of nitrogens with two attached hydrogens (primary N) is 1. The van der Waals surface area contributed by atoms with Crippen LogP contribution in [0.15, 0.2) is 41.0 Å². The van der Waals surface area contributed by atoms with Gasteiger partial charge in [0, 0.05) is 16.5 Å². The summed E-state index contributed by atoms with van der Waals surface area (Å²) < 4.78 is 2.86. The summed E-state index contributed by atoms with van der Waals surface area (Å²) >= 11 is 3.43. The summed E-state index contributed by atoms with van der Waals surface area (Å²) in [6.45, 7) is 1.21. The minimum absolute atomic E-state index is 0. The van der Waals surface area contributed by atoms with Gasteiger partial charge in [0.25, 0.3) is 0 Å². The Balaban J connectivity index is 0.00000208. The van der Waals surface area contributed by atoms with Crippen molar-refractivity contribution in [2.75, 3.05) is 11.9 Å². The first-order valence-electron chi connectivity index (χ1n) is 7.94. The van der Waals surface area contributed by atoms with E-state index in [1.54, 1.807) is 6.20 Å². The van der Waals surface area contributed by atoms with Gasteiger partial charge in [0.1, 0.15) is 5.82 Å². The van der Waals surface area contributed by atoms with Gasteiger partial charge in [-0.2, -0.15) is 5.10 Å². The van der Waals surface area contributed by atoms with Crippen molar-refractivity contribution in [3.63, 3.8) is 0 Å². The molecule has 1 aliphatic rings. The Kier molecular flexibility index (Phi) is 6.83. The van der Waals surface area contributed by atoms with Crippen molar-refractivity contribution in [3.05, 3.63) is 46.6 Å². The Hall–Kier alpha value is -1.37. The first-order chi connectivity index (χ1) is 11.2. The second-order valence-electron chi connectivity index (χ2n) is 6.02. The molecule has 0 radical (unpaired) electrons. The normalized spacial score (nSPS) is 19.8. The van der Waals surface area contributed by atoms with Gasteiger partial charge in [-0.15, -0.1) is 12.4 Å². The molecule has 1 amide bonds.